The molecule has 1 aromatic heterocycles. The first-order chi connectivity index (χ1) is 18.1. The SMILES string of the molecule is CCCCNC(=O)C1C(c2ccc(OC)cc2)=Nc2ccccc2N1C(=O)c1ccc2ncccc2c1. The monoisotopic (exact) mass is 492 g/mol. The number of nitrogens with zero attached hydrogens (tertiary/aromatic N) is 3. The number of amides is 2. The number of unbranched alkanes of at least 4 members (excludes halogenated alkanes) is 1. The molecule has 0 spiro atoms. The summed E-state index contributed by atoms with van der Waals surface area (Å²) in [6, 6.07) is 23.0. The molecule has 1 unspecified atom stereocenters. The number of anilines is 1. The Morgan fingerprint density at radius 3 is 2.59 bits per heavy atom. The molecule has 186 valence electrons. The van der Waals surface area contributed by atoms with Gasteiger partial charge in [0, 0.05) is 23.7 Å². The number of pyridine rings is 1. The normalized spacial score (nSPS) is 14.6. The number of nitrogens with one attached hydrogen (secondary N) is 1. The van der Waals surface area contributed by atoms with Gasteiger partial charge in [0.05, 0.1) is 29.7 Å². The number of carbonyl (C=O) groups is 2. The second-order valence-corrected chi connectivity index (χ2v) is 8.85. The number of fused-ring (bicyclic) bond motifs is 2. The molecule has 1 aliphatic rings. The third-order valence-electron chi connectivity index (χ3n) is 6.43. The Balaban J connectivity index is 1.64. The van der Waals surface area contributed by atoms with Gasteiger partial charge >= 0.3 is 0 Å². The van der Waals surface area contributed by atoms with Crippen LogP contribution in [0.1, 0.15) is 35.7 Å². The summed E-state index contributed by atoms with van der Waals surface area (Å²) in [6.07, 6.45) is 3.51. The van der Waals surface area contributed by atoms with Crippen molar-refractivity contribution in [2.75, 3.05) is 18.6 Å². The zero-order valence-electron chi connectivity index (χ0n) is 20.8. The molecule has 1 N–H and O–H groups in total. The number of aliphatic imine (C=N–C) groups is 1. The summed E-state index contributed by atoms with van der Waals surface area (Å²) in [5.74, 6) is 0.144. The maximum atomic E-state index is 14.2. The molecule has 1 aliphatic heterocycles. The fraction of sp³-hybridized carbons (Fsp3) is 0.200. The largest absolute Gasteiger partial charge is 0.497 e. The minimum atomic E-state index is -0.947. The summed E-state index contributed by atoms with van der Waals surface area (Å²) >= 11 is 0. The van der Waals surface area contributed by atoms with E-state index in [9.17, 15) is 9.59 Å². The summed E-state index contributed by atoms with van der Waals surface area (Å²) in [6.45, 7) is 2.59. The number of rotatable bonds is 7. The van der Waals surface area contributed by atoms with E-state index < -0.39 is 6.04 Å². The van der Waals surface area contributed by atoms with E-state index in [4.69, 9.17) is 9.73 Å². The van der Waals surface area contributed by atoms with Crippen molar-refractivity contribution in [3.05, 3.63) is 96.2 Å². The molecule has 2 amide bonds. The number of hydrogen-bond acceptors (Lipinski definition) is 5. The fourth-order valence-electron chi connectivity index (χ4n) is 4.50. The van der Waals surface area contributed by atoms with E-state index in [1.807, 2.05) is 72.8 Å². The molecule has 0 fully saturated rings. The molecule has 7 nitrogen and oxygen atoms in total. The lowest BCUT2D eigenvalue weighted by molar-refractivity contribution is -0.120. The number of ether oxygens (including phenoxy) is 1. The Bertz CT molecular complexity index is 1480. The number of aromatic nitrogens is 1. The minimum Gasteiger partial charge on any atom is -0.497 e. The van der Waals surface area contributed by atoms with Gasteiger partial charge in [0.1, 0.15) is 5.75 Å². The van der Waals surface area contributed by atoms with E-state index in [1.54, 1.807) is 24.3 Å². The van der Waals surface area contributed by atoms with Crippen molar-refractivity contribution in [2.24, 2.45) is 4.99 Å². The lowest BCUT2D eigenvalue weighted by atomic mass is 9.96. The van der Waals surface area contributed by atoms with Gasteiger partial charge in [-0.25, -0.2) is 4.99 Å². The Morgan fingerprint density at radius 1 is 1.00 bits per heavy atom. The Morgan fingerprint density at radius 2 is 1.81 bits per heavy atom. The minimum absolute atomic E-state index is 0.270. The van der Waals surface area contributed by atoms with Crippen LogP contribution < -0.4 is 15.0 Å². The average molecular weight is 493 g/mol. The molecule has 5 rings (SSSR count). The highest BCUT2D eigenvalue weighted by molar-refractivity contribution is 6.27. The van der Waals surface area contributed by atoms with Crippen molar-refractivity contribution >= 4 is 39.8 Å². The molecule has 0 saturated heterocycles. The number of para-hydroxylation sites is 2. The maximum absolute atomic E-state index is 14.2. The van der Waals surface area contributed by atoms with Crippen LogP contribution in [-0.4, -0.2) is 42.2 Å². The van der Waals surface area contributed by atoms with Crippen LogP contribution in [0, 0.1) is 0 Å². The maximum Gasteiger partial charge on any atom is 0.259 e. The van der Waals surface area contributed by atoms with Crippen LogP contribution in [-0.2, 0) is 4.79 Å². The van der Waals surface area contributed by atoms with E-state index in [0.29, 0.717) is 34.9 Å². The third kappa shape index (κ3) is 4.80. The van der Waals surface area contributed by atoms with Gasteiger partial charge in [-0.05, 0) is 72.6 Å². The number of carbonyl (C=O) groups excluding carboxylic acids is 2. The zero-order chi connectivity index (χ0) is 25.8. The van der Waals surface area contributed by atoms with E-state index in [-0.39, 0.29) is 11.8 Å². The zero-order valence-corrected chi connectivity index (χ0v) is 20.8. The van der Waals surface area contributed by atoms with Crippen LogP contribution in [0.5, 0.6) is 5.75 Å². The molecule has 0 saturated carbocycles. The fourth-order valence-corrected chi connectivity index (χ4v) is 4.50. The number of benzene rings is 3. The lowest BCUT2D eigenvalue weighted by Crippen LogP contribution is -2.55. The first-order valence-corrected chi connectivity index (χ1v) is 12.4. The molecule has 0 radical (unpaired) electrons. The molecular formula is C30H28N4O3. The Kier molecular flexibility index (Phi) is 6.94. The second-order valence-electron chi connectivity index (χ2n) is 8.85. The standard InChI is InChI=1S/C30H28N4O3/c1-3-4-17-32-29(35)28-27(20-11-14-23(37-2)15-12-20)33-25-9-5-6-10-26(25)34(28)30(36)22-13-16-24-21(19-22)8-7-18-31-24/h5-16,18-19,28H,3-4,17H2,1-2H3,(H,32,35). The highest BCUT2D eigenvalue weighted by atomic mass is 16.5. The molecule has 37 heavy (non-hydrogen) atoms. The van der Waals surface area contributed by atoms with E-state index in [2.05, 4.69) is 17.2 Å². The van der Waals surface area contributed by atoms with Crippen LogP contribution in [0.25, 0.3) is 10.9 Å². The predicted octanol–water partition coefficient (Wildman–Crippen LogP) is 5.31. The number of hydrogen-bond donors (Lipinski definition) is 1. The van der Waals surface area contributed by atoms with Gasteiger partial charge in [0.15, 0.2) is 6.04 Å². The molecule has 2 heterocycles. The van der Waals surface area contributed by atoms with E-state index in [0.717, 1.165) is 29.3 Å². The smallest absolute Gasteiger partial charge is 0.259 e. The molecule has 4 aromatic rings. The molecular weight excluding hydrogens is 464 g/mol. The van der Waals surface area contributed by atoms with E-state index >= 15 is 0 Å². The summed E-state index contributed by atoms with van der Waals surface area (Å²) in [7, 11) is 1.60. The van der Waals surface area contributed by atoms with Gasteiger partial charge in [-0.3, -0.25) is 19.5 Å². The highest BCUT2D eigenvalue weighted by Crippen LogP contribution is 2.37. The van der Waals surface area contributed by atoms with Gasteiger partial charge in [-0.15, -0.1) is 0 Å². The number of methoxy groups -OCH3 is 1. The van der Waals surface area contributed by atoms with Crippen LogP contribution in [0.15, 0.2) is 90.1 Å². The quantitative estimate of drug-likeness (QED) is 0.355. The first kappa shape index (κ1) is 24.2. The second kappa shape index (κ2) is 10.6. The molecule has 0 bridgehead atoms. The van der Waals surface area contributed by atoms with Crippen molar-refractivity contribution in [1.82, 2.24) is 10.3 Å². The average Bonchev–Trinajstić information content (AvgIpc) is 2.95. The first-order valence-electron chi connectivity index (χ1n) is 12.4. The third-order valence-corrected chi connectivity index (χ3v) is 6.43. The van der Waals surface area contributed by atoms with Gasteiger partial charge < -0.3 is 10.1 Å². The molecule has 3 aromatic carbocycles. The molecule has 0 aliphatic carbocycles. The lowest BCUT2D eigenvalue weighted by Gasteiger charge is -2.36. The summed E-state index contributed by atoms with van der Waals surface area (Å²) in [5.41, 5.74) is 3.73. The van der Waals surface area contributed by atoms with Gasteiger partial charge in [-0.1, -0.05) is 31.5 Å². The van der Waals surface area contributed by atoms with Gasteiger partial charge in [0.2, 0.25) is 5.91 Å². The van der Waals surface area contributed by atoms with Gasteiger partial charge in [0.25, 0.3) is 5.91 Å². The van der Waals surface area contributed by atoms with Crippen molar-refractivity contribution < 1.29 is 14.3 Å². The van der Waals surface area contributed by atoms with Crippen LogP contribution >= 0.6 is 0 Å². The summed E-state index contributed by atoms with van der Waals surface area (Å²) in [5, 5.41) is 3.88. The molecule has 7 heteroatoms. The summed E-state index contributed by atoms with van der Waals surface area (Å²) < 4.78 is 5.32. The van der Waals surface area contributed by atoms with Crippen molar-refractivity contribution in [2.45, 2.75) is 25.8 Å². The van der Waals surface area contributed by atoms with Crippen molar-refractivity contribution in [3.8, 4) is 5.75 Å². The molecule has 1 atom stereocenters. The van der Waals surface area contributed by atoms with Gasteiger partial charge in [-0.2, -0.15) is 0 Å². The van der Waals surface area contributed by atoms with E-state index in [1.165, 1.54) is 0 Å². The van der Waals surface area contributed by atoms with Crippen molar-refractivity contribution in [1.29, 1.82) is 0 Å². The summed E-state index contributed by atoms with van der Waals surface area (Å²) in [4.78, 5) is 38.7. The van der Waals surface area contributed by atoms with Crippen molar-refractivity contribution in [3.63, 3.8) is 0 Å². The Hall–Kier alpha value is -4.52. The Labute approximate surface area is 215 Å². The predicted molar refractivity (Wildman–Crippen MR) is 146 cm³/mol. The van der Waals surface area contributed by atoms with Crippen LogP contribution in [0.4, 0.5) is 11.4 Å². The van der Waals surface area contributed by atoms with Crippen LogP contribution in [0.3, 0.4) is 0 Å². The topological polar surface area (TPSA) is 83.9 Å². The van der Waals surface area contributed by atoms with Crippen LogP contribution in [0.2, 0.25) is 0 Å². The highest BCUT2D eigenvalue weighted by Gasteiger charge is 2.40.